The summed E-state index contributed by atoms with van der Waals surface area (Å²) < 4.78 is 1.49. The van der Waals surface area contributed by atoms with Gasteiger partial charge in [-0.05, 0) is 44.0 Å². The Morgan fingerprint density at radius 2 is 1.79 bits per heavy atom. The van der Waals surface area contributed by atoms with E-state index in [4.69, 9.17) is 11.6 Å². The molecule has 0 bridgehead atoms. The van der Waals surface area contributed by atoms with Crippen LogP contribution in [0.2, 0.25) is 5.15 Å². The number of hydrogen-bond acceptors (Lipinski definition) is 2. The lowest BCUT2D eigenvalue weighted by Crippen LogP contribution is -2.13. The highest BCUT2D eigenvalue weighted by molar-refractivity contribution is 6.33. The van der Waals surface area contributed by atoms with Crippen molar-refractivity contribution in [3.8, 4) is 0 Å². The van der Waals surface area contributed by atoms with E-state index in [-0.39, 0.29) is 5.91 Å². The first-order chi connectivity index (χ1) is 8.88. The molecule has 0 aliphatic heterocycles. The number of nitrogens with one attached hydrogen (secondary N) is 1. The van der Waals surface area contributed by atoms with Crippen LogP contribution in [0, 0.1) is 20.8 Å². The zero-order chi connectivity index (χ0) is 14.2. The zero-order valence-corrected chi connectivity index (χ0v) is 12.2. The fourth-order valence-corrected chi connectivity index (χ4v) is 2.39. The van der Waals surface area contributed by atoms with Crippen LogP contribution in [0.5, 0.6) is 0 Å². The Labute approximate surface area is 117 Å². The summed E-state index contributed by atoms with van der Waals surface area (Å²) in [5.74, 6) is -0.236. The van der Waals surface area contributed by atoms with Gasteiger partial charge in [-0.15, -0.1) is 0 Å². The Kier molecular flexibility index (Phi) is 3.62. The molecule has 0 fully saturated rings. The van der Waals surface area contributed by atoms with Crippen molar-refractivity contribution in [2.45, 2.75) is 20.8 Å². The Hall–Kier alpha value is -1.81. The number of benzene rings is 1. The van der Waals surface area contributed by atoms with Gasteiger partial charge < -0.3 is 5.32 Å². The molecule has 1 aromatic heterocycles. The van der Waals surface area contributed by atoms with E-state index in [1.54, 1.807) is 14.0 Å². The second-order valence-electron chi connectivity index (χ2n) is 4.71. The molecule has 0 aliphatic rings. The smallest absolute Gasteiger partial charge is 0.260 e. The molecule has 5 heteroatoms. The molecule has 100 valence electrons. The lowest BCUT2D eigenvalue weighted by Gasteiger charge is -2.07. The van der Waals surface area contributed by atoms with Crippen molar-refractivity contribution in [2.75, 3.05) is 5.32 Å². The van der Waals surface area contributed by atoms with Gasteiger partial charge in [-0.1, -0.05) is 17.7 Å². The van der Waals surface area contributed by atoms with E-state index in [0.717, 1.165) is 16.8 Å². The first-order valence-corrected chi connectivity index (χ1v) is 6.35. The molecule has 1 amide bonds. The molecular weight excluding hydrogens is 262 g/mol. The second kappa shape index (κ2) is 5.05. The van der Waals surface area contributed by atoms with Crippen LogP contribution in [-0.2, 0) is 7.05 Å². The summed E-state index contributed by atoms with van der Waals surface area (Å²) in [6.45, 7) is 5.75. The molecule has 2 rings (SSSR count). The van der Waals surface area contributed by atoms with E-state index in [0.29, 0.717) is 16.4 Å². The normalized spacial score (nSPS) is 10.6. The molecule has 4 nitrogen and oxygen atoms in total. The standard InChI is InChI=1S/C14H16ClN3O/c1-8-5-9(2)7-11(6-8)16-14(19)12-10(3)17-18(4)13(12)15/h5-7H,1-4H3,(H,16,19). The summed E-state index contributed by atoms with van der Waals surface area (Å²) in [5.41, 5.74) is 4.01. The summed E-state index contributed by atoms with van der Waals surface area (Å²) >= 11 is 6.08. The average molecular weight is 278 g/mol. The summed E-state index contributed by atoms with van der Waals surface area (Å²) in [7, 11) is 1.71. The monoisotopic (exact) mass is 277 g/mol. The lowest BCUT2D eigenvalue weighted by molar-refractivity contribution is 0.102. The second-order valence-corrected chi connectivity index (χ2v) is 5.06. The lowest BCUT2D eigenvalue weighted by atomic mass is 10.1. The third kappa shape index (κ3) is 2.79. The van der Waals surface area contributed by atoms with Gasteiger partial charge in [-0.25, -0.2) is 0 Å². The Balaban J connectivity index is 2.30. The molecule has 1 aromatic carbocycles. The van der Waals surface area contributed by atoms with Crippen LogP contribution in [-0.4, -0.2) is 15.7 Å². The van der Waals surface area contributed by atoms with Gasteiger partial charge in [0.25, 0.3) is 5.91 Å². The van der Waals surface area contributed by atoms with Crippen molar-refractivity contribution in [3.63, 3.8) is 0 Å². The third-order valence-corrected chi connectivity index (χ3v) is 3.29. The molecule has 2 aromatic rings. The van der Waals surface area contributed by atoms with Gasteiger partial charge in [0, 0.05) is 12.7 Å². The number of carbonyl (C=O) groups excluding carboxylic acids is 1. The van der Waals surface area contributed by atoms with Crippen LogP contribution in [0.3, 0.4) is 0 Å². The molecule has 0 spiro atoms. The molecule has 0 aliphatic carbocycles. The topological polar surface area (TPSA) is 46.9 Å². The Morgan fingerprint density at radius 3 is 2.26 bits per heavy atom. The minimum absolute atomic E-state index is 0.236. The molecule has 1 heterocycles. The van der Waals surface area contributed by atoms with Crippen molar-refractivity contribution >= 4 is 23.2 Å². The van der Waals surface area contributed by atoms with Gasteiger partial charge >= 0.3 is 0 Å². The Morgan fingerprint density at radius 1 is 1.21 bits per heavy atom. The van der Waals surface area contributed by atoms with E-state index in [1.165, 1.54) is 4.68 Å². The van der Waals surface area contributed by atoms with E-state index in [1.807, 2.05) is 26.0 Å². The maximum absolute atomic E-state index is 12.2. The number of aromatic nitrogens is 2. The number of carbonyl (C=O) groups is 1. The molecule has 0 radical (unpaired) electrons. The summed E-state index contributed by atoms with van der Waals surface area (Å²) in [6.07, 6.45) is 0. The minimum Gasteiger partial charge on any atom is -0.322 e. The van der Waals surface area contributed by atoms with Crippen LogP contribution in [0.15, 0.2) is 18.2 Å². The minimum atomic E-state index is -0.236. The number of nitrogens with zero attached hydrogens (tertiary/aromatic N) is 2. The van der Waals surface area contributed by atoms with Gasteiger partial charge in [-0.2, -0.15) is 5.10 Å². The van der Waals surface area contributed by atoms with Gasteiger partial charge in [0.2, 0.25) is 0 Å². The first-order valence-electron chi connectivity index (χ1n) is 5.97. The maximum atomic E-state index is 12.2. The molecule has 1 N–H and O–H groups in total. The van der Waals surface area contributed by atoms with Crippen LogP contribution in [0.25, 0.3) is 0 Å². The molecular formula is C14H16ClN3O. The zero-order valence-electron chi connectivity index (χ0n) is 11.4. The van der Waals surface area contributed by atoms with Crippen LogP contribution >= 0.6 is 11.6 Å². The summed E-state index contributed by atoms with van der Waals surface area (Å²) in [6, 6.07) is 5.90. The number of anilines is 1. The number of rotatable bonds is 2. The quantitative estimate of drug-likeness (QED) is 0.916. The van der Waals surface area contributed by atoms with Gasteiger partial charge in [0.05, 0.1) is 11.3 Å². The fraction of sp³-hybridized carbons (Fsp3) is 0.286. The van der Waals surface area contributed by atoms with Crippen LogP contribution in [0.1, 0.15) is 27.2 Å². The highest BCUT2D eigenvalue weighted by atomic mass is 35.5. The van der Waals surface area contributed by atoms with E-state index >= 15 is 0 Å². The third-order valence-electron chi connectivity index (χ3n) is 2.86. The molecule has 0 saturated carbocycles. The number of hydrogen-bond donors (Lipinski definition) is 1. The summed E-state index contributed by atoms with van der Waals surface area (Å²) in [5, 5.41) is 7.34. The fourth-order valence-electron chi connectivity index (χ4n) is 2.13. The largest absolute Gasteiger partial charge is 0.322 e. The van der Waals surface area contributed by atoms with E-state index < -0.39 is 0 Å². The highest BCUT2D eigenvalue weighted by Crippen LogP contribution is 2.21. The predicted octanol–water partition coefficient (Wildman–Crippen LogP) is 3.25. The van der Waals surface area contributed by atoms with Crippen LogP contribution < -0.4 is 5.32 Å². The van der Waals surface area contributed by atoms with Gasteiger partial charge in [0.15, 0.2) is 0 Å². The van der Waals surface area contributed by atoms with E-state index in [9.17, 15) is 4.79 Å². The van der Waals surface area contributed by atoms with Crippen molar-refractivity contribution in [3.05, 3.63) is 45.7 Å². The molecule has 19 heavy (non-hydrogen) atoms. The van der Waals surface area contributed by atoms with Crippen LogP contribution in [0.4, 0.5) is 5.69 Å². The Bertz CT molecular complexity index is 626. The summed E-state index contributed by atoms with van der Waals surface area (Å²) in [4.78, 5) is 12.2. The maximum Gasteiger partial charge on any atom is 0.260 e. The molecule has 0 atom stereocenters. The van der Waals surface area contributed by atoms with Gasteiger partial charge in [0.1, 0.15) is 5.15 Å². The number of aryl methyl sites for hydroxylation is 4. The van der Waals surface area contributed by atoms with Gasteiger partial charge in [-0.3, -0.25) is 9.48 Å². The van der Waals surface area contributed by atoms with Crippen molar-refractivity contribution in [2.24, 2.45) is 7.05 Å². The van der Waals surface area contributed by atoms with Crippen molar-refractivity contribution < 1.29 is 4.79 Å². The van der Waals surface area contributed by atoms with Crippen molar-refractivity contribution in [1.29, 1.82) is 0 Å². The average Bonchev–Trinajstić information content (AvgIpc) is 2.51. The molecule has 0 unspecified atom stereocenters. The predicted molar refractivity (Wildman–Crippen MR) is 76.8 cm³/mol. The van der Waals surface area contributed by atoms with E-state index in [2.05, 4.69) is 16.5 Å². The number of halogens is 1. The molecule has 0 saturated heterocycles. The highest BCUT2D eigenvalue weighted by Gasteiger charge is 2.18. The van der Waals surface area contributed by atoms with Crippen molar-refractivity contribution in [1.82, 2.24) is 9.78 Å². The number of amides is 1. The SMILES string of the molecule is Cc1cc(C)cc(NC(=O)c2c(C)nn(C)c2Cl)c1. The first kappa shape index (κ1) is 13.6.